The number of rotatable bonds is 7. The van der Waals surface area contributed by atoms with Gasteiger partial charge in [-0.25, -0.2) is 13.2 Å². The van der Waals surface area contributed by atoms with E-state index in [2.05, 4.69) is 4.90 Å². The van der Waals surface area contributed by atoms with Gasteiger partial charge in [0.2, 0.25) is 10.0 Å². The van der Waals surface area contributed by atoms with E-state index in [1.54, 1.807) is 13.2 Å². The van der Waals surface area contributed by atoms with Crippen molar-refractivity contribution in [1.29, 1.82) is 0 Å². The first-order chi connectivity index (χ1) is 11.7. The zero-order valence-corrected chi connectivity index (χ0v) is 15.9. The second-order valence-corrected chi connectivity index (χ2v) is 8.49. The summed E-state index contributed by atoms with van der Waals surface area (Å²) in [6, 6.07) is 4.38. The molecule has 0 spiro atoms. The summed E-state index contributed by atoms with van der Waals surface area (Å²) in [5.41, 5.74) is 0.655. The SMILES string of the molecule is CCc1ccc(S(=O)(=O)N(C)C[C@@H]2C[C@H](OC)CN2C)cc1C(=O)O. The third-order valence-corrected chi connectivity index (χ3v) is 6.67. The molecule has 1 fully saturated rings. The molecule has 1 aliphatic rings. The van der Waals surface area contributed by atoms with E-state index < -0.39 is 16.0 Å². The Labute approximate surface area is 149 Å². The Kier molecular flexibility index (Phi) is 6.21. The maximum atomic E-state index is 12.8. The van der Waals surface area contributed by atoms with Crippen LogP contribution in [0.25, 0.3) is 0 Å². The van der Waals surface area contributed by atoms with E-state index >= 15 is 0 Å². The number of sulfonamides is 1. The molecule has 0 saturated carbocycles. The standard InChI is InChI=1S/C17H26N2O5S/c1-5-12-6-7-15(9-16(12)17(20)21)25(22,23)19(3)10-13-8-14(24-4)11-18(13)2/h6-7,9,13-14H,5,8,10-11H2,1-4H3,(H,20,21)/t13-,14-/m0/s1. The summed E-state index contributed by atoms with van der Waals surface area (Å²) in [6.07, 6.45) is 1.40. The molecule has 1 N–H and O–H groups in total. The van der Waals surface area contributed by atoms with Crippen molar-refractivity contribution < 1.29 is 23.1 Å². The molecule has 0 amide bonds. The van der Waals surface area contributed by atoms with Crippen LogP contribution in [0, 0.1) is 0 Å². The predicted octanol–water partition coefficient (Wildman–Crippen LogP) is 1.29. The number of carboxylic acid groups (broad SMARTS) is 1. The molecule has 1 aromatic carbocycles. The molecule has 1 aromatic rings. The molecule has 0 aromatic heterocycles. The van der Waals surface area contributed by atoms with Crippen LogP contribution in [0.2, 0.25) is 0 Å². The van der Waals surface area contributed by atoms with Crippen LogP contribution in [0.4, 0.5) is 0 Å². The van der Waals surface area contributed by atoms with Gasteiger partial charge in [0, 0.05) is 33.3 Å². The van der Waals surface area contributed by atoms with Gasteiger partial charge in [-0.15, -0.1) is 0 Å². The number of likely N-dealkylation sites (N-methyl/N-ethyl adjacent to an activating group) is 2. The molecule has 0 radical (unpaired) electrons. The van der Waals surface area contributed by atoms with E-state index in [4.69, 9.17) is 4.74 Å². The van der Waals surface area contributed by atoms with Crippen LogP contribution in [0.3, 0.4) is 0 Å². The van der Waals surface area contributed by atoms with Crippen LogP contribution >= 0.6 is 0 Å². The number of ether oxygens (including phenoxy) is 1. The molecule has 1 saturated heterocycles. The number of aryl methyl sites for hydroxylation is 1. The molecule has 2 rings (SSSR count). The molecule has 0 unspecified atom stereocenters. The van der Waals surface area contributed by atoms with Gasteiger partial charge in [0.25, 0.3) is 0 Å². The molecular formula is C17H26N2O5S. The van der Waals surface area contributed by atoms with E-state index in [1.165, 1.54) is 23.5 Å². The third kappa shape index (κ3) is 4.20. The Morgan fingerprint density at radius 2 is 2.12 bits per heavy atom. The number of carboxylic acids is 1. The maximum absolute atomic E-state index is 12.8. The van der Waals surface area contributed by atoms with Crippen molar-refractivity contribution in [3.05, 3.63) is 29.3 Å². The van der Waals surface area contributed by atoms with E-state index in [1.807, 2.05) is 14.0 Å². The van der Waals surface area contributed by atoms with Crippen molar-refractivity contribution >= 4 is 16.0 Å². The Morgan fingerprint density at radius 1 is 1.44 bits per heavy atom. The van der Waals surface area contributed by atoms with Gasteiger partial charge in [0.15, 0.2) is 0 Å². The minimum Gasteiger partial charge on any atom is -0.478 e. The molecule has 1 aliphatic heterocycles. The van der Waals surface area contributed by atoms with Gasteiger partial charge in [-0.05, 0) is 37.6 Å². The largest absolute Gasteiger partial charge is 0.478 e. The summed E-state index contributed by atoms with van der Waals surface area (Å²) < 4.78 is 32.3. The van der Waals surface area contributed by atoms with Gasteiger partial charge in [-0.3, -0.25) is 4.90 Å². The minimum absolute atomic E-state index is 0.00791. The summed E-state index contributed by atoms with van der Waals surface area (Å²) in [4.78, 5) is 13.5. The monoisotopic (exact) mass is 370 g/mol. The van der Waals surface area contributed by atoms with Gasteiger partial charge in [-0.1, -0.05) is 13.0 Å². The number of benzene rings is 1. The highest BCUT2D eigenvalue weighted by molar-refractivity contribution is 7.89. The van der Waals surface area contributed by atoms with Crippen molar-refractivity contribution in [3.8, 4) is 0 Å². The average molecular weight is 370 g/mol. The van der Waals surface area contributed by atoms with Crippen LogP contribution in [-0.4, -0.2) is 75.1 Å². The van der Waals surface area contributed by atoms with Gasteiger partial charge >= 0.3 is 5.97 Å². The lowest BCUT2D eigenvalue weighted by Crippen LogP contribution is -2.39. The topological polar surface area (TPSA) is 87.2 Å². The van der Waals surface area contributed by atoms with E-state index in [0.717, 1.165) is 13.0 Å². The van der Waals surface area contributed by atoms with Crippen molar-refractivity contribution in [2.45, 2.75) is 36.8 Å². The fraction of sp³-hybridized carbons (Fsp3) is 0.588. The number of carbonyl (C=O) groups is 1. The number of methoxy groups -OCH3 is 1. The van der Waals surface area contributed by atoms with Gasteiger partial charge in [-0.2, -0.15) is 4.31 Å². The number of nitrogens with zero attached hydrogens (tertiary/aromatic N) is 2. The molecule has 7 nitrogen and oxygen atoms in total. The fourth-order valence-electron chi connectivity index (χ4n) is 3.21. The summed E-state index contributed by atoms with van der Waals surface area (Å²) in [7, 11) is 1.38. The molecule has 25 heavy (non-hydrogen) atoms. The number of aromatic carboxylic acids is 1. The fourth-order valence-corrected chi connectivity index (χ4v) is 4.45. The van der Waals surface area contributed by atoms with Crippen LogP contribution in [0.1, 0.15) is 29.3 Å². The highest BCUT2D eigenvalue weighted by Crippen LogP contribution is 2.23. The van der Waals surface area contributed by atoms with E-state index in [0.29, 0.717) is 18.5 Å². The first-order valence-corrected chi connectivity index (χ1v) is 9.70. The molecule has 0 aliphatic carbocycles. The number of hydrogen-bond acceptors (Lipinski definition) is 5. The lowest BCUT2D eigenvalue weighted by atomic mass is 10.1. The number of likely N-dealkylation sites (tertiary alicyclic amines) is 1. The first kappa shape index (κ1) is 19.8. The van der Waals surface area contributed by atoms with E-state index in [9.17, 15) is 18.3 Å². The second-order valence-electron chi connectivity index (χ2n) is 6.45. The van der Waals surface area contributed by atoms with Gasteiger partial charge in [0.1, 0.15) is 0 Å². The lowest BCUT2D eigenvalue weighted by Gasteiger charge is -2.25. The lowest BCUT2D eigenvalue weighted by molar-refractivity contribution is 0.0695. The summed E-state index contributed by atoms with van der Waals surface area (Å²) >= 11 is 0. The summed E-state index contributed by atoms with van der Waals surface area (Å²) in [6.45, 7) is 2.93. The summed E-state index contributed by atoms with van der Waals surface area (Å²) in [5.74, 6) is -1.12. The van der Waals surface area contributed by atoms with Crippen LogP contribution in [0.5, 0.6) is 0 Å². The Bertz CT molecular complexity index is 735. The maximum Gasteiger partial charge on any atom is 0.336 e. The van der Waals surface area contributed by atoms with Crippen LogP contribution in [-0.2, 0) is 21.2 Å². The highest BCUT2D eigenvalue weighted by Gasteiger charge is 2.33. The molecule has 1 heterocycles. The molecule has 8 heteroatoms. The molecular weight excluding hydrogens is 344 g/mol. The first-order valence-electron chi connectivity index (χ1n) is 8.26. The molecule has 2 atom stereocenters. The van der Waals surface area contributed by atoms with Gasteiger partial charge in [0.05, 0.1) is 16.6 Å². The van der Waals surface area contributed by atoms with Crippen molar-refractivity contribution in [2.24, 2.45) is 0 Å². The summed E-state index contributed by atoms with van der Waals surface area (Å²) in [5, 5.41) is 9.32. The zero-order valence-electron chi connectivity index (χ0n) is 15.1. The van der Waals surface area contributed by atoms with Crippen LogP contribution < -0.4 is 0 Å². The van der Waals surface area contributed by atoms with Gasteiger partial charge < -0.3 is 9.84 Å². The van der Waals surface area contributed by atoms with Crippen LogP contribution in [0.15, 0.2) is 23.1 Å². The Balaban J connectivity index is 2.23. The number of hydrogen-bond donors (Lipinski definition) is 1. The zero-order chi connectivity index (χ0) is 18.8. The van der Waals surface area contributed by atoms with Crippen molar-refractivity contribution in [3.63, 3.8) is 0 Å². The van der Waals surface area contributed by atoms with E-state index in [-0.39, 0.29) is 22.6 Å². The minimum atomic E-state index is -3.75. The highest BCUT2D eigenvalue weighted by atomic mass is 32.2. The molecule has 140 valence electrons. The Morgan fingerprint density at radius 3 is 2.64 bits per heavy atom. The van der Waals surface area contributed by atoms with Crippen molar-refractivity contribution in [1.82, 2.24) is 9.21 Å². The average Bonchev–Trinajstić information content (AvgIpc) is 2.93. The second kappa shape index (κ2) is 7.82. The predicted molar refractivity (Wildman–Crippen MR) is 94.4 cm³/mol. The Hall–Kier alpha value is -1.48. The normalized spacial score (nSPS) is 21.8. The van der Waals surface area contributed by atoms with Crippen molar-refractivity contribution in [2.75, 3.05) is 34.3 Å². The quantitative estimate of drug-likeness (QED) is 0.778. The smallest absolute Gasteiger partial charge is 0.336 e. The molecule has 0 bridgehead atoms. The third-order valence-electron chi connectivity index (χ3n) is 4.85.